The highest BCUT2D eigenvalue weighted by Crippen LogP contribution is 2.36. The summed E-state index contributed by atoms with van der Waals surface area (Å²) in [5, 5.41) is 4.82. The SMILES string of the molecule is O=C1c2ccccc2C(=O)N1C(CN[SH](=O)=O)C1CCCC(Nc2cc(-c3c[nH]c4ncccc34)cc(Cl)n2)C1. The molecule has 12 heteroatoms. The lowest BCUT2D eigenvalue weighted by Crippen LogP contribution is -2.51. The predicted octanol–water partition coefficient (Wildman–Crippen LogP) is 4.03. The van der Waals surface area contributed by atoms with Crippen molar-refractivity contribution < 1.29 is 18.0 Å². The molecule has 4 heterocycles. The summed E-state index contributed by atoms with van der Waals surface area (Å²) in [7, 11) is -2.89. The highest BCUT2D eigenvalue weighted by Gasteiger charge is 2.43. The number of hydrogen-bond donors (Lipinski definition) is 4. The lowest BCUT2D eigenvalue weighted by Gasteiger charge is -2.38. The van der Waals surface area contributed by atoms with Crippen LogP contribution in [0.3, 0.4) is 0 Å². The van der Waals surface area contributed by atoms with Gasteiger partial charge >= 0.3 is 0 Å². The molecule has 1 aliphatic heterocycles. The molecule has 1 aromatic carbocycles. The van der Waals surface area contributed by atoms with Crippen molar-refractivity contribution in [1.29, 1.82) is 0 Å². The molecule has 3 unspecified atom stereocenters. The van der Waals surface area contributed by atoms with E-state index in [0.717, 1.165) is 41.4 Å². The second kappa shape index (κ2) is 11.0. The van der Waals surface area contributed by atoms with Gasteiger partial charge in [-0.15, -0.1) is 0 Å². The fraction of sp³-hybridized carbons (Fsp3) is 0.286. The number of H-pyrrole nitrogens is 1. The molecular formula is C28H27ClN6O4S. The minimum absolute atomic E-state index is 0.0131. The third-order valence-electron chi connectivity index (χ3n) is 7.75. The average Bonchev–Trinajstić information content (AvgIpc) is 3.48. The lowest BCUT2D eigenvalue weighted by molar-refractivity contribution is 0.0498. The Morgan fingerprint density at radius 3 is 2.58 bits per heavy atom. The van der Waals surface area contributed by atoms with E-state index in [1.165, 1.54) is 4.90 Å². The van der Waals surface area contributed by atoms with Gasteiger partial charge in [0.15, 0.2) is 0 Å². The first-order chi connectivity index (χ1) is 19.4. The minimum atomic E-state index is -2.89. The Morgan fingerprint density at radius 1 is 1.05 bits per heavy atom. The molecule has 0 saturated heterocycles. The molecule has 206 valence electrons. The van der Waals surface area contributed by atoms with Crippen LogP contribution in [-0.4, -0.2) is 58.7 Å². The van der Waals surface area contributed by atoms with Crippen molar-refractivity contribution in [3.05, 3.63) is 77.2 Å². The smallest absolute Gasteiger partial charge is 0.261 e. The summed E-state index contributed by atoms with van der Waals surface area (Å²) < 4.78 is 25.3. The molecule has 4 aromatic rings. The molecule has 1 aliphatic carbocycles. The van der Waals surface area contributed by atoms with E-state index < -0.39 is 28.7 Å². The normalized spacial score (nSPS) is 19.8. The molecule has 0 bridgehead atoms. The monoisotopic (exact) mass is 578 g/mol. The maximum atomic E-state index is 13.3. The quantitative estimate of drug-likeness (QED) is 0.141. The van der Waals surface area contributed by atoms with Crippen molar-refractivity contribution in [1.82, 2.24) is 24.6 Å². The number of pyridine rings is 2. The van der Waals surface area contributed by atoms with Gasteiger partial charge in [0.1, 0.15) is 16.6 Å². The fourth-order valence-corrected chi connectivity index (χ4v) is 6.53. The number of halogens is 1. The Kier molecular flexibility index (Phi) is 7.26. The van der Waals surface area contributed by atoms with Crippen LogP contribution in [0.1, 0.15) is 46.4 Å². The Morgan fingerprint density at radius 2 is 1.82 bits per heavy atom. The van der Waals surface area contributed by atoms with E-state index in [0.29, 0.717) is 28.5 Å². The van der Waals surface area contributed by atoms with E-state index in [1.54, 1.807) is 36.5 Å². The first-order valence-corrected chi connectivity index (χ1v) is 14.7. The Balaban J connectivity index is 1.24. The Labute approximate surface area is 237 Å². The molecule has 3 N–H and O–H groups in total. The molecule has 1 saturated carbocycles. The van der Waals surface area contributed by atoms with Gasteiger partial charge in [-0.05, 0) is 67.1 Å². The van der Waals surface area contributed by atoms with Gasteiger partial charge in [-0.25, -0.2) is 23.1 Å². The Hall–Kier alpha value is -3.80. The van der Waals surface area contributed by atoms with E-state index in [4.69, 9.17) is 11.6 Å². The fourth-order valence-electron chi connectivity index (χ4n) is 5.98. The van der Waals surface area contributed by atoms with Gasteiger partial charge in [0.2, 0.25) is 10.9 Å². The van der Waals surface area contributed by atoms with Crippen LogP contribution in [0.25, 0.3) is 22.2 Å². The summed E-state index contributed by atoms with van der Waals surface area (Å²) in [6.07, 6.45) is 6.70. The third kappa shape index (κ3) is 5.07. The highest BCUT2D eigenvalue weighted by atomic mass is 35.5. The number of carbonyl (C=O) groups is 2. The van der Waals surface area contributed by atoms with Crippen molar-refractivity contribution in [2.24, 2.45) is 5.92 Å². The zero-order valence-corrected chi connectivity index (χ0v) is 23.0. The summed E-state index contributed by atoms with van der Waals surface area (Å²) >= 11 is 6.42. The lowest BCUT2D eigenvalue weighted by atomic mass is 9.80. The molecule has 6 rings (SSSR count). The summed E-state index contributed by atoms with van der Waals surface area (Å²) in [5.41, 5.74) is 3.32. The van der Waals surface area contributed by atoms with Crippen LogP contribution >= 0.6 is 11.6 Å². The highest BCUT2D eigenvalue weighted by molar-refractivity contribution is 7.70. The van der Waals surface area contributed by atoms with Crippen molar-refractivity contribution in [3.8, 4) is 11.1 Å². The van der Waals surface area contributed by atoms with Crippen LogP contribution in [0.2, 0.25) is 5.15 Å². The topological polar surface area (TPSA) is 137 Å². The number of carbonyl (C=O) groups excluding carboxylic acids is 2. The summed E-state index contributed by atoms with van der Waals surface area (Å²) in [4.78, 5) is 39.8. The van der Waals surface area contributed by atoms with Crippen molar-refractivity contribution in [2.75, 3.05) is 11.9 Å². The molecule has 2 aliphatic rings. The Bertz CT molecular complexity index is 1650. The zero-order valence-electron chi connectivity index (χ0n) is 21.3. The number of nitrogens with one attached hydrogen (secondary N) is 3. The van der Waals surface area contributed by atoms with Gasteiger partial charge < -0.3 is 10.3 Å². The van der Waals surface area contributed by atoms with Gasteiger partial charge in [0.05, 0.1) is 17.2 Å². The van der Waals surface area contributed by atoms with E-state index in [1.807, 2.05) is 24.4 Å². The van der Waals surface area contributed by atoms with Crippen LogP contribution < -0.4 is 10.0 Å². The number of fused-ring (bicyclic) bond motifs is 2. The third-order valence-corrected chi connectivity index (χ3v) is 8.39. The molecular weight excluding hydrogens is 552 g/mol. The first kappa shape index (κ1) is 26.4. The van der Waals surface area contributed by atoms with Gasteiger partial charge in [-0.1, -0.05) is 30.2 Å². The van der Waals surface area contributed by atoms with Gasteiger partial charge in [0.25, 0.3) is 11.8 Å². The number of aromatic amines is 1. The maximum absolute atomic E-state index is 13.3. The number of nitrogens with zero attached hydrogens (tertiary/aromatic N) is 3. The minimum Gasteiger partial charge on any atom is -0.367 e. The van der Waals surface area contributed by atoms with Crippen LogP contribution in [0.15, 0.2) is 60.9 Å². The van der Waals surface area contributed by atoms with Crippen LogP contribution in [-0.2, 0) is 10.9 Å². The standard InChI is InChI=1S/C28H27ClN6O4S/c29-24-12-17(22-14-31-26-19(22)9-4-10-30-26)13-25(34-24)33-18-6-3-5-16(11-18)23(15-32-40(38)39)35-27(36)20-7-1-2-8-21(20)28(35)37/h1-2,4,7-10,12-14,16,18,23,40H,3,5-6,11,15H2,(H,30,31)(H,33,34)(H,32,38,39). The van der Waals surface area contributed by atoms with E-state index in [-0.39, 0.29) is 18.5 Å². The maximum Gasteiger partial charge on any atom is 0.261 e. The number of rotatable bonds is 8. The summed E-state index contributed by atoms with van der Waals surface area (Å²) in [6, 6.07) is 13.7. The average molecular weight is 579 g/mol. The zero-order chi connectivity index (χ0) is 27.8. The molecule has 3 aromatic heterocycles. The number of anilines is 1. The number of aromatic nitrogens is 3. The van der Waals surface area contributed by atoms with E-state index in [9.17, 15) is 18.0 Å². The second-order valence-corrected chi connectivity index (χ2v) is 11.4. The van der Waals surface area contributed by atoms with Crippen molar-refractivity contribution >= 4 is 51.2 Å². The van der Waals surface area contributed by atoms with Crippen molar-refractivity contribution in [3.63, 3.8) is 0 Å². The van der Waals surface area contributed by atoms with Gasteiger partial charge in [-0.2, -0.15) is 0 Å². The van der Waals surface area contributed by atoms with E-state index >= 15 is 0 Å². The number of hydrogen-bond acceptors (Lipinski definition) is 7. The molecule has 0 spiro atoms. The largest absolute Gasteiger partial charge is 0.367 e. The summed E-state index contributed by atoms with van der Waals surface area (Å²) in [6.45, 7) is -0.0320. The first-order valence-electron chi connectivity index (χ1n) is 13.1. The van der Waals surface area contributed by atoms with Crippen molar-refractivity contribution in [2.45, 2.75) is 37.8 Å². The van der Waals surface area contributed by atoms with E-state index in [2.05, 4.69) is 25.0 Å². The van der Waals surface area contributed by atoms with Crippen LogP contribution in [0.4, 0.5) is 5.82 Å². The number of amides is 2. The van der Waals surface area contributed by atoms with Crippen LogP contribution in [0.5, 0.6) is 0 Å². The number of benzene rings is 1. The number of imide groups is 1. The molecule has 2 amide bonds. The molecule has 0 radical (unpaired) electrons. The molecule has 40 heavy (non-hydrogen) atoms. The summed E-state index contributed by atoms with van der Waals surface area (Å²) in [5.74, 6) is -0.283. The molecule has 10 nitrogen and oxygen atoms in total. The van der Waals surface area contributed by atoms with Gasteiger partial charge in [-0.3, -0.25) is 14.5 Å². The van der Waals surface area contributed by atoms with Gasteiger partial charge in [0, 0.05) is 35.9 Å². The molecule has 3 atom stereocenters. The second-order valence-electron chi connectivity index (χ2n) is 10.1. The predicted molar refractivity (Wildman–Crippen MR) is 153 cm³/mol. The van der Waals surface area contributed by atoms with Crippen LogP contribution in [0, 0.1) is 5.92 Å². The molecule has 1 fully saturated rings. The number of thiol groups is 1.